The van der Waals surface area contributed by atoms with Crippen LogP contribution < -0.4 is 15.4 Å². The van der Waals surface area contributed by atoms with Crippen molar-refractivity contribution in [2.45, 2.75) is 31.8 Å². The summed E-state index contributed by atoms with van der Waals surface area (Å²) in [4.78, 5) is 41.4. The maximum atomic E-state index is 15.3. The Hall–Kier alpha value is -4.79. The van der Waals surface area contributed by atoms with Crippen LogP contribution in [0, 0.1) is 17.1 Å². The summed E-state index contributed by atoms with van der Waals surface area (Å²) >= 11 is 12.2. The Bertz CT molecular complexity index is 1790. The second-order valence-corrected chi connectivity index (χ2v) is 10.7. The van der Waals surface area contributed by atoms with Gasteiger partial charge in [0.15, 0.2) is 11.6 Å². The Labute approximate surface area is 254 Å². The molecule has 1 aliphatic rings. The number of nitrogens with zero attached hydrogens (tertiary/aromatic N) is 2. The Morgan fingerprint density at radius 2 is 1.93 bits per heavy atom. The number of aromatic nitrogens is 1. The molecule has 1 saturated heterocycles. The molecule has 2 heterocycles. The zero-order chi connectivity index (χ0) is 30.7. The molecule has 5 rings (SSSR count). The first kappa shape index (κ1) is 29.7. The first-order valence-corrected chi connectivity index (χ1v) is 14.0. The van der Waals surface area contributed by atoms with Crippen LogP contribution in [0.3, 0.4) is 0 Å². The van der Waals surface area contributed by atoms with Gasteiger partial charge in [-0.3, -0.25) is 14.5 Å². The Morgan fingerprint density at radius 1 is 1.12 bits per heavy atom. The van der Waals surface area contributed by atoms with Gasteiger partial charge in [-0.25, -0.2) is 9.18 Å². The van der Waals surface area contributed by atoms with Gasteiger partial charge in [-0.1, -0.05) is 29.3 Å². The molecule has 4 N–H and O–H groups in total. The molecule has 1 fully saturated rings. The van der Waals surface area contributed by atoms with Crippen LogP contribution in [0.2, 0.25) is 10.0 Å². The van der Waals surface area contributed by atoms with Crippen LogP contribution in [0.1, 0.15) is 40.9 Å². The molecule has 4 aromatic rings. The van der Waals surface area contributed by atoms with Gasteiger partial charge >= 0.3 is 6.09 Å². The van der Waals surface area contributed by atoms with E-state index in [0.29, 0.717) is 36.0 Å². The monoisotopic (exact) mass is 623 g/mol. The highest BCUT2D eigenvalue weighted by molar-refractivity contribution is 6.32. The number of nitriles is 1. The van der Waals surface area contributed by atoms with Crippen LogP contribution >= 0.6 is 23.2 Å². The number of amides is 3. The third-order valence-corrected chi connectivity index (χ3v) is 7.49. The first-order valence-electron chi connectivity index (χ1n) is 13.2. The molecule has 1 atom stereocenters. The largest absolute Gasteiger partial charge is 0.465 e. The zero-order valence-electron chi connectivity index (χ0n) is 22.4. The highest BCUT2D eigenvalue weighted by Gasteiger charge is 2.32. The van der Waals surface area contributed by atoms with E-state index in [1.165, 1.54) is 30.3 Å². The van der Waals surface area contributed by atoms with E-state index in [2.05, 4.69) is 15.6 Å². The highest BCUT2D eigenvalue weighted by atomic mass is 35.5. The van der Waals surface area contributed by atoms with Crippen LogP contribution in [-0.4, -0.2) is 45.5 Å². The van der Waals surface area contributed by atoms with Crippen LogP contribution in [0.4, 0.5) is 14.9 Å². The van der Waals surface area contributed by atoms with E-state index in [-0.39, 0.29) is 44.9 Å². The van der Waals surface area contributed by atoms with E-state index in [1.54, 1.807) is 24.3 Å². The Balaban J connectivity index is 1.26. The molecule has 3 amide bonds. The molecule has 0 unspecified atom stereocenters. The Kier molecular flexibility index (Phi) is 8.71. The van der Waals surface area contributed by atoms with Crippen LogP contribution in [-0.2, 0) is 11.3 Å². The quantitative estimate of drug-likeness (QED) is 0.180. The Morgan fingerprint density at radius 3 is 2.70 bits per heavy atom. The van der Waals surface area contributed by atoms with Gasteiger partial charge in [0, 0.05) is 40.3 Å². The maximum absolute atomic E-state index is 15.3. The summed E-state index contributed by atoms with van der Waals surface area (Å²) in [5.41, 5.74) is 1.62. The van der Waals surface area contributed by atoms with Crippen molar-refractivity contribution in [2.24, 2.45) is 0 Å². The fraction of sp³-hybridized carbons (Fsp3) is 0.200. The van der Waals surface area contributed by atoms with Gasteiger partial charge < -0.3 is 25.5 Å². The molecule has 0 bridgehead atoms. The number of hydrogen-bond donors (Lipinski definition) is 4. The average molecular weight is 624 g/mol. The zero-order valence-corrected chi connectivity index (χ0v) is 23.9. The number of hydrogen-bond acceptors (Lipinski definition) is 5. The minimum Gasteiger partial charge on any atom is -0.465 e. The lowest BCUT2D eigenvalue weighted by molar-refractivity contribution is -0.121. The number of fused-ring (bicyclic) bond motifs is 1. The summed E-state index contributed by atoms with van der Waals surface area (Å²) in [6.07, 6.45) is 0.785. The van der Waals surface area contributed by atoms with E-state index in [0.717, 1.165) is 11.3 Å². The molecule has 13 heteroatoms. The molecule has 10 nitrogen and oxygen atoms in total. The van der Waals surface area contributed by atoms with Crippen molar-refractivity contribution in [3.05, 3.63) is 87.3 Å². The number of aromatic amines is 1. The number of piperidine rings is 1. The summed E-state index contributed by atoms with van der Waals surface area (Å²) in [5.74, 6) is -1.87. The maximum Gasteiger partial charge on any atom is 0.407 e. The van der Waals surface area contributed by atoms with E-state index in [9.17, 15) is 19.5 Å². The lowest BCUT2D eigenvalue weighted by Crippen LogP contribution is -2.49. The molecule has 43 heavy (non-hydrogen) atoms. The summed E-state index contributed by atoms with van der Waals surface area (Å²) in [7, 11) is 0. The predicted molar refractivity (Wildman–Crippen MR) is 158 cm³/mol. The van der Waals surface area contributed by atoms with E-state index < -0.39 is 29.8 Å². The highest BCUT2D eigenvalue weighted by Crippen LogP contribution is 2.35. The number of rotatable bonds is 7. The van der Waals surface area contributed by atoms with E-state index in [4.69, 9.17) is 33.2 Å². The molecule has 3 aromatic carbocycles. The van der Waals surface area contributed by atoms with Gasteiger partial charge in [0.1, 0.15) is 17.5 Å². The number of benzene rings is 3. The average Bonchev–Trinajstić information content (AvgIpc) is 3.42. The number of nitrogens with one attached hydrogen (secondary N) is 3. The second-order valence-electron chi connectivity index (χ2n) is 9.88. The number of likely N-dealkylation sites (tertiary alicyclic amines) is 1. The first-order chi connectivity index (χ1) is 20.6. The van der Waals surface area contributed by atoms with Crippen LogP contribution in [0.5, 0.6) is 11.5 Å². The van der Waals surface area contributed by atoms with Gasteiger partial charge in [-0.15, -0.1) is 0 Å². The molecule has 0 saturated carbocycles. The molecule has 220 valence electrons. The molecule has 0 aliphatic carbocycles. The minimum absolute atomic E-state index is 0.0104. The predicted octanol–water partition coefficient (Wildman–Crippen LogP) is 6.68. The van der Waals surface area contributed by atoms with E-state index in [1.807, 2.05) is 6.07 Å². The smallest absolute Gasteiger partial charge is 0.407 e. The number of anilines is 1. The summed E-state index contributed by atoms with van der Waals surface area (Å²) in [6.45, 7) is 0.122. The standard InChI is InChI=1S/C30H24Cl2FN5O5/c31-19-9-16(14-34)10-21(13-19)43-27-22(32)6-4-17(26(27)33)15-35-28(39)24-12-18-11-20(5-7-23(18)37-24)36-29(40)25-3-1-2-8-38(25)30(41)42/h4-7,9-13,25,37H,1-3,8,15H2,(H,35,39)(H,36,40)(H,41,42)/t25-/m0/s1. The van der Waals surface area contributed by atoms with Gasteiger partial charge in [0.2, 0.25) is 5.91 Å². The van der Waals surface area contributed by atoms with Crippen molar-refractivity contribution < 1.29 is 28.6 Å². The lowest BCUT2D eigenvalue weighted by atomic mass is 10.0. The van der Waals surface area contributed by atoms with Crippen molar-refractivity contribution in [3.8, 4) is 17.6 Å². The van der Waals surface area contributed by atoms with Crippen molar-refractivity contribution >= 4 is 57.7 Å². The van der Waals surface area contributed by atoms with Crippen LogP contribution in [0.15, 0.2) is 54.6 Å². The molecular weight excluding hydrogens is 600 g/mol. The number of H-pyrrole nitrogens is 1. The summed E-state index contributed by atoms with van der Waals surface area (Å²) in [5, 5.41) is 24.8. The van der Waals surface area contributed by atoms with Crippen molar-refractivity contribution in [2.75, 3.05) is 11.9 Å². The van der Waals surface area contributed by atoms with Crippen molar-refractivity contribution in [1.82, 2.24) is 15.2 Å². The lowest BCUT2D eigenvalue weighted by Gasteiger charge is -2.32. The van der Waals surface area contributed by atoms with Gasteiger partial charge in [0.25, 0.3) is 5.91 Å². The number of carbonyl (C=O) groups is 3. The molecule has 0 spiro atoms. The fourth-order valence-corrected chi connectivity index (χ4v) is 5.28. The van der Waals surface area contributed by atoms with Gasteiger partial charge in [0.05, 0.1) is 16.7 Å². The molecule has 1 aromatic heterocycles. The number of ether oxygens (including phenoxy) is 1. The summed E-state index contributed by atoms with van der Waals surface area (Å²) < 4.78 is 20.9. The topological polar surface area (TPSA) is 148 Å². The SMILES string of the molecule is N#Cc1cc(Cl)cc(Oc2c(Cl)ccc(CNC(=O)c3cc4cc(NC(=O)[C@@H]5CCCCN5C(=O)O)ccc4[nH]3)c2F)c1. The number of carboxylic acid groups (broad SMARTS) is 1. The molecule has 1 aliphatic heterocycles. The number of halogens is 3. The number of carbonyl (C=O) groups excluding carboxylic acids is 2. The van der Waals surface area contributed by atoms with Gasteiger partial charge in [-0.2, -0.15) is 5.26 Å². The normalized spacial score (nSPS) is 14.7. The van der Waals surface area contributed by atoms with E-state index >= 15 is 4.39 Å². The third-order valence-electron chi connectivity index (χ3n) is 6.97. The fourth-order valence-electron chi connectivity index (χ4n) is 4.87. The molecular formula is C30H24Cl2FN5O5. The minimum atomic E-state index is -1.13. The second kappa shape index (κ2) is 12.6. The van der Waals surface area contributed by atoms with Crippen molar-refractivity contribution in [3.63, 3.8) is 0 Å². The summed E-state index contributed by atoms with van der Waals surface area (Å²) in [6, 6.07) is 14.9. The third kappa shape index (κ3) is 6.66. The van der Waals surface area contributed by atoms with Gasteiger partial charge in [-0.05, 0) is 67.8 Å². The van der Waals surface area contributed by atoms with Crippen molar-refractivity contribution in [1.29, 1.82) is 5.26 Å². The molecule has 0 radical (unpaired) electrons. The van der Waals surface area contributed by atoms with Crippen LogP contribution in [0.25, 0.3) is 10.9 Å².